The van der Waals surface area contributed by atoms with Gasteiger partial charge in [0.2, 0.25) is 0 Å². The van der Waals surface area contributed by atoms with Crippen LogP contribution >= 0.6 is 0 Å². The van der Waals surface area contributed by atoms with Crippen molar-refractivity contribution >= 4 is 5.91 Å². The third-order valence-electron chi connectivity index (χ3n) is 3.61. The van der Waals surface area contributed by atoms with Gasteiger partial charge < -0.3 is 5.32 Å². The van der Waals surface area contributed by atoms with E-state index >= 15 is 0 Å². The summed E-state index contributed by atoms with van der Waals surface area (Å²) in [5.74, 6) is -2.70. The Hall–Kier alpha value is -2.95. The number of amides is 1. The van der Waals surface area contributed by atoms with E-state index in [-0.39, 0.29) is 24.2 Å². The van der Waals surface area contributed by atoms with Crippen LogP contribution in [0.5, 0.6) is 0 Å². The molecule has 5 nitrogen and oxygen atoms in total. The normalized spacial score (nSPS) is 10.5. The summed E-state index contributed by atoms with van der Waals surface area (Å²) in [4.78, 5) is 24.4. The summed E-state index contributed by atoms with van der Waals surface area (Å²) in [6.45, 7) is 1.28. The molecule has 8 heteroatoms. The van der Waals surface area contributed by atoms with Crippen LogP contribution in [0.25, 0.3) is 0 Å². The molecule has 24 heavy (non-hydrogen) atoms. The highest BCUT2D eigenvalue weighted by molar-refractivity contribution is 5.95. The topological polar surface area (TPSA) is 56.0 Å². The second kappa shape index (κ2) is 6.66. The highest BCUT2D eigenvalue weighted by Crippen LogP contribution is 2.15. The van der Waals surface area contributed by atoms with Crippen molar-refractivity contribution in [3.63, 3.8) is 0 Å². The fraction of sp³-hybridized carbons (Fsp3) is 0.250. The number of hydrogen-bond donors (Lipinski definition) is 1. The molecule has 0 fully saturated rings. The molecule has 1 N–H and O–H groups in total. The van der Waals surface area contributed by atoms with Gasteiger partial charge in [0, 0.05) is 12.7 Å². The molecule has 0 atom stereocenters. The lowest BCUT2D eigenvalue weighted by atomic mass is 10.2. The third kappa shape index (κ3) is 3.06. The van der Waals surface area contributed by atoms with Crippen LogP contribution in [0.4, 0.5) is 13.2 Å². The molecule has 1 heterocycles. The molecule has 0 saturated carbocycles. The van der Waals surface area contributed by atoms with Crippen LogP contribution < -0.4 is 10.9 Å². The minimum Gasteiger partial charge on any atom is -0.341 e. The van der Waals surface area contributed by atoms with Crippen molar-refractivity contribution in [2.75, 3.05) is 6.54 Å². The van der Waals surface area contributed by atoms with Crippen molar-refractivity contribution in [2.24, 2.45) is 7.05 Å². The van der Waals surface area contributed by atoms with Crippen LogP contribution in [0.1, 0.15) is 21.6 Å². The minimum absolute atomic E-state index is 0.0407. The molecular formula is C16H14F3N3O2. The van der Waals surface area contributed by atoms with E-state index in [1.165, 1.54) is 11.7 Å². The second-order valence-corrected chi connectivity index (χ2v) is 5.11. The molecule has 0 aliphatic carbocycles. The Labute approximate surface area is 135 Å². The fourth-order valence-corrected chi connectivity index (χ4v) is 2.29. The van der Waals surface area contributed by atoms with Gasteiger partial charge >= 0.3 is 0 Å². The predicted molar refractivity (Wildman–Crippen MR) is 81.0 cm³/mol. The summed E-state index contributed by atoms with van der Waals surface area (Å²) in [5, 5.41) is 2.39. The molecule has 0 radical (unpaired) electrons. The zero-order valence-electron chi connectivity index (χ0n) is 13.0. The van der Waals surface area contributed by atoms with Gasteiger partial charge in [0.25, 0.3) is 11.5 Å². The van der Waals surface area contributed by atoms with Crippen molar-refractivity contribution in [3.05, 3.63) is 56.8 Å². The van der Waals surface area contributed by atoms with E-state index in [1.54, 1.807) is 6.92 Å². The lowest BCUT2D eigenvalue weighted by Gasteiger charge is -2.09. The van der Waals surface area contributed by atoms with Crippen LogP contribution in [0.15, 0.2) is 16.9 Å². The highest BCUT2D eigenvalue weighted by atomic mass is 19.2. The van der Waals surface area contributed by atoms with E-state index in [9.17, 15) is 22.8 Å². The Morgan fingerprint density at radius 3 is 2.42 bits per heavy atom. The van der Waals surface area contributed by atoms with E-state index in [2.05, 4.69) is 11.2 Å². The fourth-order valence-electron chi connectivity index (χ4n) is 2.29. The zero-order valence-corrected chi connectivity index (χ0v) is 13.0. The second-order valence-electron chi connectivity index (χ2n) is 5.11. The standard InChI is InChI=1S/C16H14F3N3O2/c1-4-5-20-15(23)13-9(2)21(3)22(16(13)24)8-10-6-11(17)14(19)12(18)7-10/h1,6-7H,5,8H2,2-3H3,(H,20,23). The molecule has 0 aliphatic rings. The number of carbonyl (C=O) groups is 1. The van der Waals surface area contributed by atoms with Gasteiger partial charge in [0.05, 0.1) is 13.1 Å². The molecule has 1 aromatic carbocycles. The molecule has 0 saturated heterocycles. The first kappa shape index (κ1) is 17.4. The average molecular weight is 337 g/mol. The Morgan fingerprint density at radius 2 is 1.88 bits per heavy atom. The molecule has 0 spiro atoms. The first-order valence-corrected chi connectivity index (χ1v) is 6.89. The lowest BCUT2D eigenvalue weighted by molar-refractivity contribution is 0.0957. The van der Waals surface area contributed by atoms with Crippen LogP contribution in [0.2, 0.25) is 0 Å². The molecule has 126 valence electrons. The van der Waals surface area contributed by atoms with Gasteiger partial charge in [0.1, 0.15) is 5.56 Å². The Balaban J connectivity index is 2.44. The summed E-state index contributed by atoms with van der Waals surface area (Å²) < 4.78 is 42.1. The van der Waals surface area contributed by atoms with Crippen molar-refractivity contribution in [1.29, 1.82) is 0 Å². The predicted octanol–water partition coefficient (Wildman–Crippen LogP) is 1.32. The van der Waals surface area contributed by atoms with E-state index in [0.717, 1.165) is 16.8 Å². The molecule has 0 bridgehead atoms. The van der Waals surface area contributed by atoms with E-state index < -0.39 is 28.9 Å². The maximum absolute atomic E-state index is 13.3. The number of halogens is 3. The first-order valence-electron chi connectivity index (χ1n) is 6.89. The molecular weight excluding hydrogens is 323 g/mol. The van der Waals surface area contributed by atoms with E-state index in [1.807, 2.05) is 0 Å². The third-order valence-corrected chi connectivity index (χ3v) is 3.61. The largest absolute Gasteiger partial charge is 0.341 e. The van der Waals surface area contributed by atoms with Gasteiger partial charge in [-0.15, -0.1) is 6.42 Å². The van der Waals surface area contributed by atoms with E-state index in [0.29, 0.717) is 5.69 Å². The number of nitrogens with one attached hydrogen (secondary N) is 1. The van der Waals surface area contributed by atoms with Crippen LogP contribution in [0, 0.1) is 36.7 Å². The Morgan fingerprint density at radius 1 is 1.29 bits per heavy atom. The summed E-state index contributed by atoms with van der Waals surface area (Å²) in [7, 11) is 1.52. The van der Waals surface area contributed by atoms with Crippen LogP contribution in [-0.4, -0.2) is 21.8 Å². The van der Waals surface area contributed by atoms with Gasteiger partial charge in [-0.05, 0) is 24.6 Å². The van der Waals surface area contributed by atoms with Gasteiger partial charge in [-0.25, -0.2) is 17.9 Å². The SMILES string of the molecule is C#CCNC(=O)c1c(C)n(C)n(Cc2cc(F)c(F)c(F)c2)c1=O. The maximum Gasteiger partial charge on any atom is 0.280 e. The number of rotatable bonds is 4. The molecule has 1 amide bonds. The Bertz CT molecular complexity index is 884. The number of hydrogen-bond acceptors (Lipinski definition) is 2. The monoisotopic (exact) mass is 337 g/mol. The zero-order chi connectivity index (χ0) is 18.0. The molecule has 1 aromatic heterocycles. The van der Waals surface area contributed by atoms with E-state index in [4.69, 9.17) is 6.42 Å². The average Bonchev–Trinajstić information content (AvgIpc) is 2.74. The molecule has 0 aliphatic heterocycles. The number of terminal acetylenes is 1. The molecule has 2 aromatic rings. The molecule has 0 unspecified atom stereocenters. The van der Waals surface area contributed by atoms with Crippen LogP contribution in [0.3, 0.4) is 0 Å². The first-order chi connectivity index (χ1) is 11.3. The quantitative estimate of drug-likeness (QED) is 0.676. The van der Waals surface area contributed by atoms with Gasteiger partial charge in [-0.2, -0.15) is 0 Å². The summed E-state index contributed by atoms with van der Waals surface area (Å²) >= 11 is 0. The number of carbonyl (C=O) groups excluding carboxylic acids is 1. The van der Waals surface area contributed by atoms with Crippen molar-refractivity contribution in [1.82, 2.24) is 14.7 Å². The van der Waals surface area contributed by atoms with Gasteiger partial charge in [-0.1, -0.05) is 5.92 Å². The smallest absolute Gasteiger partial charge is 0.280 e. The number of benzene rings is 1. The summed E-state index contributed by atoms with van der Waals surface area (Å²) in [5.41, 5.74) is -0.354. The van der Waals surface area contributed by atoms with Crippen molar-refractivity contribution in [3.8, 4) is 12.3 Å². The van der Waals surface area contributed by atoms with Gasteiger partial charge in [0.15, 0.2) is 17.5 Å². The minimum atomic E-state index is -1.58. The van der Waals surface area contributed by atoms with Crippen LogP contribution in [-0.2, 0) is 13.6 Å². The Kier molecular flexibility index (Phi) is 4.83. The number of aromatic nitrogens is 2. The highest BCUT2D eigenvalue weighted by Gasteiger charge is 2.21. The number of nitrogens with zero attached hydrogens (tertiary/aromatic N) is 2. The van der Waals surface area contributed by atoms with Crippen molar-refractivity contribution < 1.29 is 18.0 Å². The molecule has 2 rings (SSSR count). The maximum atomic E-state index is 13.3. The van der Waals surface area contributed by atoms with Crippen molar-refractivity contribution in [2.45, 2.75) is 13.5 Å². The lowest BCUT2D eigenvalue weighted by Crippen LogP contribution is -2.31. The van der Waals surface area contributed by atoms with Gasteiger partial charge in [-0.3, -0.25) is 14.3 Å². The summed E-state index contributed by atoms with van der Waals surface area (Å²) in [6, 6.07) is 1.59. The summed E-state index contributed by atoms with van der Waals surface area (Å²) in [6.07, 6.45) is 5.05.